The van der Waals surface area contributed by atoms with Crippen molar-refractivity contribution in [2.45, 2.75) is 6.29 Å². The minimum atomic E-state index is -0.305. The SMILES string of the molecule is COC(COc1ccccc1)OC. The quantitative estimate of drug-likeness (QED) is 0.648. The van der Waals surface area contributed by atoms with E-state index in [4.69, 9.17) is 14.2 Å². The van der Waals surface area contributed by atoms with Gasteiger partial charge in [0.25, 0.3) is 0 Å². The average Bonchev–Trinajstić information content (AvgIpc) is 2.21. The maximum absolute atomic E-state index is 5.40. The fourth-order valence-electron chi connectivity index (χ4n) is 0.913. The predicted molar refractivity (Wildman–Crippen MR) is 49.7 cm³/mol. The third-order valence-electron chi connectivity index (χ3n) is 1.66. The molecule has 0 spiro atoms. The van der Waals surface area contributed by atoms with Crippen LogP contribution in [0.4, 0.5) is 0 Å². The molecule has 0 aliphatic heterocycles. The van der Waals surface area contributed by atoms with Crippen molar-refractivity contribution in [1.82, 2.24) is 0 Å². The molecular formula is C10H14O3. The molecule has 3 heteroatoms. The van der Waals surface area contributed by atoms with Crippen molar-refractivity contribution in [2.75, 3.05) is 20.8 Å². The molecule has 0 bridgehead atoms. The highest BCUT2D eigenvalue weighted by molar-refractivity contribution is 5.20. The summed E-state index contributed by atoms with van der Waals surface area (Å²) in [5.74, 6) is 0.821. The lowest BCUT2D eigenvalue weighted by Gasteiger charge is -2.13. The molecule has 0 unspecified atom stereocenters. The normalized spacial score (nSPS) is 10.4. The van der Waals surface area contributed by atoms with E-state index in [2.05, 4.69) is 0 Å². The zero-order chi connectivity index (χ0) is 9.52. The summed E-state index contributed by atoms with van der Waals surface area (Å²) in [6, 6.07) is 9.57. The van der Waals surface area contributed by atoms with Crippen LogP contribution in [0.25, 0.3) is 0 Å². The van der Waals surface area contributed by atoms with Gasteiger partial charge in [-0.25, -0.2) is 0 Å². The van der Waals surface area contributed by atoms with E-state index in [1.807, 2.05) is 30.3 Å². The zero-order valence-electron chi connectivity index (χ0n) is 7.90. The van der Waals surface area contributed by atoms with E-state index < -0.39 is 0 Å². The van der Waals surface area contributed by atoms with E-state index in [1.165, 1.54) is 0 Å². The lowest BCUT2D eigenvalue weighted by Crippen LogP contribution is -2.21. The number of methoxy groups -OCH3 is 2. The number of ether oxygens (including phenoxy) is 3. The summed E-state index contributed by atoms with van der Waals surface area (Å²) in [6.07, 6.45) is -0.305. The summed E-state index contributed by atoms with van der Waals surface area (Å²) in [7, 11) is 3.17. The first-order chi connectivity index (χ1) is 6.36. The molecule has 1 rings (SSSR count). The summed E-state index contributed by atoms with van der Waals surface area (Å²) in [5, 5.41) is 0. The molecule has 0 aliphatic rings. The maximum atomic E-state index is 5.40. The first-order valence-electron chi connectivity index (χ1n) is 4.10. The van der Waals surface area contributed by atoms with Crippen molar-refractivity contribution in [1.29, 1.82) is 0 Å². The molecule has 0 N–H and O–H groups in total. The molecule has 72 valence electrons. The van der Waals surface area contributed by atoms with Gasteiger partial charge in [-0.3, -0.25) is 0 Å². The van der Waals surface area contributed by atoms with Crippen LogP contribution in [0.3, 0.4) is 0 Å². The van der Waals surface area contributed by atoms with E-state index >= 15 is 0 Å². The van der Waals surface area contributed by atoms with E-state index in [0.717, 1.165) is 5.75 Å². The van der Waals surface area contributed by atoms with Gasteiger partial charge in [0.05, 0.1) is 0 Å². The van der Waals surface area contributed by atoms with Crippen LogP contribution >= 0.6 is 0 Å². The lowest BCUT2D eigenvalue weighted by atomic mass is 10.3. The van der Waals surface area contributed by atoms with E-state index in [1.54, 1.807) is 14.2 Å². The van der Waals surface area contributed by atoms with Crippen molar-refractivity contribution >= 4 is 0 Å². The Morgan fingerprint density at radius 1 is 1.08 bits per heavy atom. The standard InChI is InChI=1S/C10H14O3/c1-11-10(12-2)8-13-9-6-4-3-5-7-9/h3-7,10H,8H2,1-2H3. The number of hydrogen-bond acceptors (Lipinski definition) is 3. The maximum Gasteiger partial charge on any atom is 0.191 e. The van der Waals surface area contributed by atoms with Gasteiger partial charge in [0.2, 0.25) is 0 Å². The fourth-order valence-corrected chi connectivity index (χ4v) is 0.913. The predicted octanol–water partition coefficient (Wildman–Crippen LogP) is 1.68. The highest BCUT2D eigenvalue weighted by Crippen LogP contribution is 2.08. The Bertz CT molecular complexity index is 219. The van der Waals surface area contributed by atoms with E-state index in [9.17, 15) is 0 Å². The van der Waals surface area contributed by atoms with Crippen LogP contribution in [0.2, 0.25) is 0 Å². The van der Waals surface area contributed by atoms with Crippen molar-refractivity contribution in [3.05, 3.63) is 30.3 Å². The average molecular weight is 182 g/mol. The van der Waals surface area contributed by atoms with Gasteiger partial charge in [0, 0.05) is 14.2 Å². The minimum absolute atomic E-state index is 0.305. The molecule has 0 amide bonds. The first-order valence-corrected chi connectivity index (χ1v) is 4.10. The molecular weight excluding hydrogens is 168 g/mol. The van der Waals surface area contributed by atoms with E-state index in [-0.39, 0.29) is 6.29 Å². The first kappa shape index (κ1) is 10.0. The summed E-state index contributed by atoms with van der Waals surface area (Å²) >= 11 is 0. The van der Waals surface area contributed by atoms with Gasteiger partial charge >= 0.3 is 0 Å². The summed E-state index contributed by atoms with van der Waals surface area (Å²) < 4.78 is 15.3. The van der Waals surface area contributed by atoms with Gasteiger partial charge < -0.3 is 14.2 Å². The Morgan fingerprint density at radius 2 is 1.69 bits per heavy atom. The second kappa shape index (κ2) is 5.56. The Hall–Kier alpha value is -1.06. The Morgan fingerprint density at radius 3 is 2.23 bits per heavy atom. The van der Waals surface area contributed by atoms with Gasteiger partial charge in [0.15, 0.2) is 6.29 Å². The highest BCUT2D eigenvalue weighted by Gasteiger charge is 2.04. The van der Waals surface area contributed by atoms with Crippen molar-refractivity contribution in [2.24, 2.45) is 0 Å². The van der Waals surface area contributed by atoms with Crippen LogP contribution in [0.1, 0.15) is 0 Å². The third-order valence-corrected chi connectivity index (χ3v) is 1.66. The molecule has 0 heterocycles. The van der Waals surface area contributed by atoms with Crippen molar-refractivity contribution in [3.63, 3.8) is 0 Å². The third kappa shape index (κ3) is 3.44. The Balaban J connectivity index is 2.34. The molecule has 0 radical (unpaired) electrons. The van der Waals surface area contributed by atoms with Crippen molar-refractivity contribution < 1.29 is 14.2 Å². The molecule has 0 saturated heterocycles. The van der Waals surface area contributed by atoms with Gasteiger partial charge in [-0.2, -0.15) is 0 Å². The van der Waals surface area contributed by atoms with Crippen LogP contribution in [-0.2, 0) is 9.47 Å². The Labute approximate surface area is 78.2 Å². The second-order valence-corrected chi connectivity index (χ2v) is 2.53. The summed E-state index contributed by atoms with van der Waals surface area (Å²) in [5.41, 5.74) is 0. The molecule has 13 heavy (non-hydrogen) atoms. The molecule has 0 aliphatic carbocycles. The van der Waals surface area contributed by atoms with Crippen molar-refractivity contribution in [3.8, 4) is 5.75 Å². The van der Waals surface area contributed by atoms with Gasteiger partial charge in [-0.15, -0.1) is 0 Å². The molecule has 3 nitrogen and oxygen atoms in total. The molecule has 1 aromatic rings. The van der Waals surface area contributed by atoms with Crippen LogP contribution in [0.5, 0.6) is 5.75 Å². The number of para-hydroxylation sites is 1. The zero-order valence-corrected chi connectivity index (χ0v) is 7.90. The molecule has 0 fully saturated rings. The molecule has 0 atom stereocenters. The second-order valence-electron chi connectivity index (χ2n) is 2.53. The van der Waals surface area contributed by atoms with Gasteiger partial charge in [-0.1, -0.05) is 18.2 Å². The molecule has 0 saturated carbocycles. The number of benzene rings is 1. The van der Waals surface area contributed by atoms with Crippen LogP contribution < -0.4 is 4.74 Å². The fraction of sp³-hybridized carbons (Fsp3) is 0.400. The minimum Gasteiger partial charge on any atom is -0.488 e. The summed E-state index contributed by atoms with van der Waals surface area (Å²) in [4.78, 5) is 0. The summed E-state index contributed by atoms with van der Waals surface area (Å²) in [6.45, 7) is 0.400. The van der Waals surface area contributed by atoms with Gasteiger partial charge in [-0.05, 0) is 12.1 Å². The monoisotopic (exact) mass is 182 g/mol. The highest BCUT2D eigenvalue weighted by atomic mass is 16.7. The Kier molecular flexibility index (Phi) is 4.29. The number of hydrogen-bond donors (Lipinski definition) is 0. The molecule has 0 aromatic heterocycles. The van der Waals surface area contributed by atoms with Crippen LogP contribution in [0, 0.1) is 0 Å². The molecule has 1 aromatic carbocycles. The topological polar surface area (TPSA) is 27.7 Å². The lowest BCUT2D eigenvalue weighted by molar-refractivity contribution is -0.121. The number of rotatable bonds is 5. The van der Waals surface area contributed by atoms with Gasteiger partial charge in [0.1, 0.15) is 12.4 Å². The van der Waals surface area contributed by atoms with Crippen LogP contribution in [0.15, 0.2) is 30.3 Å². The van der Waals surface area contributed by atoms with E-state index in [0.29, 0.717) is 6.61 Å². The van der Waals surface area contributed by atoms with Crippen LogP contribution in [-0.4, -0.2) is 27.1 Å². The smallest absolute Gasteiger partial charge is 0.191 e. The largest absolute Gasteiger partial charge is 0.488 e.